The molecule has 3 nitrogen and oxygen atoms in total. The summed E-state index contributed by atoms with van der Waals surface area (Å²) in [5, 5.41) is 4.23. The van der Waals surface area contributed by atoms with E-state index in [1.54, 1.807) is 7.11 Å². The molecule has 0 radical (unpaired) electrons. The first-order valence-electron chi connectivity index (χ1n) is 8.04. The van der Waals surface area contributed by atoms with Crippen LogP contribution in [0.1, 0.15) is 37.7 Å². The summed E-state index contributed by atoms with van der Waals surface area (Å²) in [5.74, 6) is 0. The lowest BCUT2D eigenvalue weighted by Crippen LogP contribution is -2.27. The Labute approximate surface area is 133 Å². The van der Waals surface area contributed by atoms with Crippen molar-refractivity contribution in [3.05, 3.63) is 28.8 Å². The van der Waals surface area contributed by atoms with Gasteiger partial charge in [0.25, 0.3) is 0 Å². The van der Waals surface area contributed by atoms with E-state index in [1.165, 1.54) is 43.4 Å². The van der Waals surface area contributed by atoms with Crippen LogP contribution < -0.4 is 10.2 Å². The Bertz CT molecular complexity index is 417. The second kappa shape index (κ2) is 9.29. The number of rotatable bonds is 6. The summed E-state index contributed by atoms with van der Waals surface area (Å²) in [6.07, 6.45) is 6.62. The largest absolute Gasteiger partial charge is 0.383 e. The highest BCUT2D eigenvalue weighted by molar-refractivity contribution is 6.33. The molecule has 1 heterocycles. The predicted octanol–water partition coefficient (Wildman–Crippen LogP) is 3.85. The quantitative estimate of drug-likeness (QED) is 0.808. The molecule has 0 aliphatic carbocycles. The standard InChI is InChI=1S/C17H27ClN2O/c1-21-12-9-19-14-15-7-8-17(16(18)13-15)20-10-5-3-2-4-6-11-20/h7-8,13,19H,2-6,9-12,14H2,1H3. The first kappa shape index (κ1) is 16.6. The van der Waals surface area contributed by atoms with Crippen molar-refractivity contribution in [3.63, 3.8) is 0 Å². The van der Waals surface area contributed by atoms with Crippen molar-refractivity contribution in [2.45, 2.75) is 38.6 Å². The van der Waals surface area contributed by atoms with Gasteiger partial charge in [0, 0.05) is 33.3 Å². The minimum atomic E-state index is 0.736. The van der Waals surface area contributed by atoms with Gasteiger partial charge in [-0.25, -0.2) is 0 Å². The molecule has 21 heavy (non-hydrogen) atoms. The van der Waals surface area contributed by atoms with E-state index >= 15 is 0 Å². The highest BCUT2D eigenvalue weighted by atomic mass is 35.5. The van der Waals surface area contributed by atoms with Crippen LogP contribution in [0.3, 0.4) is 0 Å². The molecule has 0 amide bonds. The fourth-order valence-electron chi connectivity index (χ4n) is 2.81. The molecule has 0 bridgehead atoms. The molecular formula is C17H27ClN2O. The van der Waals surface area contributed by atoms with Crippen LogP contribution in [-0.2, 0) is 11.3 Å². The Morgan fingerprint density at radius 1 is 1.14 bits per heavy atom. The van der Waals surface area contributed by atoms with Crippen LogP contribution in [-0.4, -0.2) is 33.4 Å². The summed E-state index contributed by atoms with van der Waals surface area (Å²) in [6.45, 7) is 4.70. The summed E-state index contributed by atoms with van der Waals surface area (Å²) in [7, 11) is 1.72. The molecule has 0 atom stereocenters. The fraction of sp³-hybridized carbons (Fsp3) is 0.647. The van der Waals surface area contributed by atoms with Crippen molar-refractivity contribution < 1.29 is 4.74 Å². The maximum atomic E-state index is 6.50. The molecule has 1 aliphatic rings. The average molecular weight is 311 g/mol. The van der Waals surface area contributed by atoms with Crippen LogP contribution in [0, 0.1) is 0 Å². The van der Waals surface area contributed by atoms with Crippen LogP contribution in [0.25, 0.3) is 0 Å². The SMILES string of the molecule is COCCNCc1ccc(N2CCCCCCC2)c(Cl)c1. The number of hydrogen-bond acceptors (Lipinski definition) is 3. The first-order valence-corrected chi connectivity index (χ1v) is 8.42. The molecule has 2 rings (SSSR count). The minimum Gasteiger partial charge on any atom is -0.383 e. The van der Waals surface area contributed by atoms with Crippen molar-refractivity contribution in [2.24, 2.45) is 0 Å². The lowest BCUT2D eigenvalue weighted by Gasteiger charge is -2.28. The number of hydrogen-bond donors (Lipinski definition) is 1. The van der Waals surface area contributed by atoms with Crippen molar-refractivity contribution >= 4 is 17.3 Å². The topological polar surface area (TPSA) is 24.5 Å². The Morgan fingerprint density at radius 2 is 1.86 bits per heavy atom. The molecule has 4 heteroatoms. The monoisotopic (exact) mass is 310 g/mol. The maximum Gasteiger partial charge on any atom is 0.0642 e. The lowest BCUT2D eigenvalue weighted by atomic mass is 10.1. The second-order valence-electron chi connectivity index (χ2n) is 5.71. The summed E-state index contributed by atoms with van der Waals surface area (Å²) < 4.78 is 5.03. The molecule has 0 aromatic heterocycles. The molecule has 0 saturated carbocycles. The number of ether oxygens (including phenoxy) is 1. The van der Waals surface area contributed by atoms with Gasteiger partial charge in [0.2, 0.25) is 0 Å². The van der Waals surface area contributed by atoms with Crippen LogP contribution in [0.5, 0.6) is 0 Å². The Kier molecular flexibility index (Phi) is 7.34. The maximum absolute atomic E-state index is 6.50. The lowest BCUT2D eigenvalue weighted by molar-refractivity contribution is 0.199. The third-order valence-corrected chi connectivity index (χ3v) is 4.32. The Hall–Kier alpha value is -0.770. The van der Waals surface area contributed by atoms with E-state index in [4.69, 9.17) is 16.3 Å². The molecule has 1 fully saturated rings. The van der Waals surface area contributed by atoms with Crippen molar-refractivity contribution in [1.29, 1.82) is 0 Å². The normalized spacial score (nSPS) is 16.6. The van der Waals surface area contributed by atoms with Gasteiger partial charge in [0.05, 0.1) is 17.3 Å². The second-order valence-corrected chi connectivity index (χ2v) is 6.12. The van der Waals surface area contributed by atoms with Crippen molar-refractivity contribution in [3.8, 4) is 0 Å². The minimum absolute atomic E-state index is 0.736. The first-order chi connectivity index (χ1) is 10.3. The molecule has 1 saturated heterocycles. The van der Waals surface area contributed by atoms with Gasteiger partial charge >= 0.3 is 0 Å². The highest BCUT2D eigenvalue weighted by Crippen LogP contribution is 2.28. The van der Waals surface area contributed by atoms with Gasteiger partial charge in [-0.3, -0.25) is 0 Å². The van der Waals surface area contributed by atoms with Gasteiger partial charge in [-0.15, -0.1) is 0 Å². The number of nitrogens with zero attached hydrogens (tertiary/aromatic N) is 1. The van der Waals surface area contributed by atoms with Gasteiger partial charge in [-0.1, -0.05) is 36.9 Å². The summed E-state index contributed by atoms with van der Waals surface area (Å²) in [4.78, 5) is 2.45. The summed E-state index contributed by atoms with van der Waals surface area (Å²) in [5.41, 5.74) is 2.42. The van der Waals surface area contributed by atoms with Gasteiger partial charge in [0.1, 0.15) is 0 Å². The Morgan fingerprint density at radius 3 is 2.52 bits per heavy atom. The fourth-order valence-corrected chi connectivity index (χ4v) is 3.13. The van der Waals surface area contributed by atoms with Gasteiger partial charge in [0.15, 0.2) is 0 Å². The molecule has 1 aliphatic heterocycles. The number of halogens is 1. The molecule has 1 aromatic rings. The molecule has 0 unspecified atom stereocenters. The molecular weight excluding hydrogens is 284 g/mol. The van der Waals surface area contributed by atoms with Crippen LogP contribution >= 0.6 is 11.6 Å². The van der Waals surface area contributed by atoms with E-state index in [0.29, 0.717) is 0 Å². The number of nitrogens with one attached hydrogen (secondary N) is 1. The van der Waals surface area contributed by atoms with E-state index in [1.807, 2.05) is 0 Å². The highest BCUT2D eigenvalue weighted by Gasteiger charge is 2.12. The van der Waals surface area contributed by atoms with Crippen LogP contribution in [0.2, 0.25) is 5.02 Å². The summed E-state index contributed by atoms with van der Waals surface area (Å²) >= 11 is 6.50. The van der Waals surface area contributed by atoms with E-state index in [-0.39, 0.29) is 0 Å². The zero-order valence-corrected chi connectivity index (χ0v) is 13.8. The van der Waals surface area contributed by atoms with E-state index in [9.17, 15) is 0 Å². The van der Waals surface area contributed by atoms with E-state index < -0.39 is 0 Å². The van der Waals surface area contributed by atoms with Crippen LogP contribution in [0.4, 0.5) is 5.69 Å². The third kappa shape index (κ3) is 5.50. The predicted molar refractivity (Wildman–Crippen MR) is 90.3 cm³/mol. The molecule has 0 spiro atoms. The smallest absolute Gasteiger partial charge is 0.0642 e. The summed E-state index contributed by atoms with van der Waals surface area (Å²) in [6, 6.07) is 6.45. The Balaban J connectivity index is 1.94. The number of methoxy groups -OCH3 is 1. The molecule has 118 valence electrons. The van der Waals surface area contributed by atoms with Gasteiger partial charge in [-0.05, 0) is 30.5 Å². The third-order valence-electron chi connectivity index (χ3n) is 4.02. The van der Waals surface area contributed by atoms with Gasteiger partial charge in [-0.2, -0.15) is 0 Å². The van der Waals surface area contributed by atoms with Crippen LogP contribution in [0.15, 0.2) is 18.2 Å². The zero-order chi connectivity index (χ0) is 14.9. The van der Waals surface area contributed by atoms with E-state index in [0.717, 1.165) is 37.8 Å². The van der Waals surface area contributed by atoms with Crippen molar-refractivity contribution in [1.82, 2.24) is 5.32 Å². The number of anilines is 1. The van der Waals surface area contributed by atoms with Gasteiger partial charge < -0.3 is 15.0 Å². The van der Waals surface area contributed by atoms with E-state index in [2.05, 4.69) is 28.4 Å². The zero-order valence-electron chi connectivity index (χ0n) is 13.0. The van der Waals surface area contributed by atoms with Crippen molar-refractivity contribution in [2.75, 3.05) is 38.3 Å². The molecule has 1 aromatic carbocycles. The number of benzene rings is 1. The molecule has 1 N–H and O–H groups in total. The average Bonchev–Trinajstić information content (AvgIpc) is 2.44.